The maximum atomic E-state index is 13.0. The fraction of sp³-hybridized carbons (Fsp3) is 0.154. The molecule has 0 fully saturated rings. The molecule has 0 radical (unpaired) electrons. The van der Waals surface area contributed by atoms with Gasteiger partial charge in [-0.1, -0.05) is 42.5 Å². The number of aromatic nitrogens is 5. The molecule has 0 unspecified atom stereocenters. The van der Waals surface area contributed by atoms with Gasteiger partial charge in [0.2, 0.25) is 0 Å². The number of hydrogen-bond acceptors (Lipinski definition) is 4. The van der Waals surface area contributed by atoms with E-state index < -0.39 is 0 Å². The molecule has 0 spiro atoms. The van der Waals surface area contributed by atoms with Crippen molar-refractivity contribution in [3.8, 4) is 11.5 Å². The Morgan fingerprint density at radius 3 is 2.61 bits per heavy atom. The van der Waals surface area contributed by atoms with Gasteiger partial charge in [0.15, 0.2) is 11.5 Å². The minimum Gasteiger partial charge on any atom is -0.350 e. The predicted molar refractivity (Wildman–Crippen MR) is 127 cm³/mol. The summed E-state index contributed by atoms with van der Waals surface area (Å²) in [6.45, 7) is 3.22. The monoisotopic (exact) mass is 436 g/mol. The fourth-order valence-corrected chi connectivity index (χ4v) is 3.89. The van der Waals surface area contributed by atoms with Crippen molar-refractivity contribution in [1.29, 1.82) is 0 Å². The molecule has 33 heavy (non-hydrogen) atoms. The second kappa shape index (κ2) is 9.08. The number of rotatable bonds is 7. The molecular weight excluding hydrogens is 412 g/mol. The van der Waals surface area contributed by atoms with E-state index in [0.717, 1.165) is 29.1 Å². The normalized spacial score (nSPS) is 11.1. The predicted octanol–water partition coefficient (Wildman–Crippen LogP) is 3.92. The Labute approximate surface area is 191 Å². The van der Waals surface area contributed by atoms with E-state index in [1.165, 1.54) is 5.56 Å². The number of carbonyl (C=O) groups is 1. The molecule has 164 valence electrons. The van der Waals surface area contributed by atoms with Crippen molar-refractivity contribution >= 4 is 11.4 Å². The highest BCUT2D eigenvalue weighted by molar-refractivity contribution is 6.00. The lowest BCUT2D eigenvalue weighted by Gasteiger charge is -2.04. The van der Waals surface area contributed by atoms with Crippen molar-refractivity contribution in [2.24, 2.45) is 0 Å². The molecule has 0 aliphatic heterocycles. The minimum absolute atomic E-state index is 0.200. The molecule has 4 heterocycles. The van der Waals surface area contributed by atoms with E-state index >= 15 is 0 Å². The molecule has 0 aliphatic rings. The highest BCUT2D eigenvalue weighted by Gasteiger charge is 2.20. The molecular formula is C26H24N6O. The van der Waals surface area contributed by atoms with Gasteiger partial charge in [-0.05, 0) is 42.7 Å². The number of nitrogens with one attached hydrogen (secondary N) is 1. The number of fused-ring (bicyclic) bond motifs is 1. The summed E-state index contributed by atoms with van der Waals surface area (Å²) in [4.78, 5) is 26.5. The number of imidazole rings is 2. The third kappa shape index (κ3) is 4.39. The van der Waals surface area contributed by atoms with Crippen LogP contribution in [0.15, 0.2) is 85.5 Å². The largest absolute Gasteiger partial charge is 0.350 e. The number of benzene rings is 1. The molecule has 1 amide bonds. The van der Waals surface area contributed by atoms with Gasteiger partial charge >= 0.3 is 0 Å². The van der Waals surface area contributed by atoms with Crippen LogP contribution in [-0.4, -0.2) is 36.4 Å². The zero-order valence-electron chi connectivity index (χ0n) is 18.3. The maximum absolute atomic E-state index is 13.0. The van der Waals surface area contributed by atoms with E-state index in [4.69, 9.17) is 9.97 Å². The third-order valence-electron chi connectivity index (χ3n) is 5.59. The highest BCUT2D eigenvalue weighted by Crippen LogP contribution is 2.23. The van der Waals surface area contributed by atoms with Gasteiger partial charge in [0, 0.05) is 37.9 Å². The Morgan fingerprint density at radius 1 is 0.970 bits per heavy atom. The molecule has 0 atom stereocenters. The molecule has 5 rings (SSSR count). The van der Waals surface area contributed by atoms with E-state index in [0.29, 0.717) is 24.5 Å². The third-order valence-corrected chi connectivity index (χ3v) is 5.59. The molecule has 5 aromatic rings. The van der Waals surface area contributed by atoms with Gasteiger partial charge in [-0.25, -0.2) is 9.97 Å². The van der Waals surface area contributed by atoms with Gasteiger partial charge in [-0.2, -0.15) is 0 Å². The first kappa shape index (κ1) is 20.6. The van der Waals surface area contributed by atoms with Crippen LogP contribution in [-0.2, 0) is 13.0 Å². The summed E-state index contributed by atoms with van der Waals surface area (Å²) in [6.07, 6.45) is 8.17. The van der Waals surface area contributed by atoms with E-state index in [9.17, 15) is 4.79 Å². The molecule has 0 aliphatic carbocycles. The Bertz CT molecular complexity index is 1390. The van der Waals surface area contributed by atoms with Crippen LogP contribution in [0.2, 0.25) is 0 Å². The molecule has 0 bridgehead atoms. The Morgan fingerprint density at radius 2 is 1.79 bits per heavy atom. The molecule has 7 heteroatoms. The van der Waals surface area contributed by atoms with Crippen molar-refractivity contribution in [1.82, 2.24) is 29.2 Å². The van der Waals surface area contributed by atoms with Gasteiger partial charge in [-0.15, -0.1) is 0 Å². The van der Waals surface area contributed by atoms with Gasteiger partial charge in [0.1, 0.15) is 11.5 Å². The second-order valence-electron chi connectivity index (χ2n) is 7.89. The number of amides is 1. The lowest BCUT2D eigenvalue weighted by atomic mass is 10.2. The average molecular weight is 437 g/mol. The number of aryl methyl sites for hydroxylation is 1. The lowest BCUT2D eigenvalue weighted by molar-refractivity contribution is 0.0951. The molecule has 7 nitrogen and oxygen atoms in total. The molecule has 1 N–H and O–H groups in total. The smallest absolute Gasteiger partial charge is 0.272 e. The number of nitrogens with zero attached hydrogens (tertiary/aromatic N) is 5. The van der Waals surface area contributed by atoms with Crippen LogP contribution in [0.1, 0.15) is 27.4 Å². The van der Waals surface area contributed by atoms with Crippen LogP contribution in [0, 0.1) is 6.92 Å². The minimum atomic E-state index is -0.200. The first-order valence-corrected chi connectivity index (χ1v) is 10.9. The topological polar surface area (TPSA) is 77.1 Å². The van der Waals surface area contributed by atoms with E-state index in [1.54, 1.807) is 6.20 Å². The Kier molecular flexibility index (Phi) is 5.68. The van der Waals surface area contributed by atoms with Crippen molar-refractivity contribution in [3.63, 3.8) is 0 Å². The van der Waals surface area contributed by atoms with Gasteiger partial charge < -0.3 is 9.88 Å². The fourth-order valence-electron chi connectivity index (χ4n) is 3.89. The number of hydrogen-bond donors (Lipinski definition) is 1. The van der Waals surface area contributed by atoms with Crippen molar-refractivity contribution in [2.45, 2.75) is 19.9 Å². The first-order valence-electron chi connectivity index (χ1n) is 10.9. The first-order chi connectivity index (χ1) is 16.2. The lowest BCUT2D eigenvalue weighted by Crippen LogP contribution is -2.26. The summed E-state index contributed by atoms with van der Waals surface area (Å²) in [6, 6.07) is 19.9. The molecule has 0 saturated carbocycles. The van der Waals surface area contributed by atoms with E-state index in [2.05, 4.69) is 27.0 Å². The van der Waals surface area contributed by atoms with Gasteiger partial charge in [0.25, 0.3) is 5.91 Å². The van der Waals surface area contributed by atoms with E-state index in [1.807, 2.05) is 78.4 Å². The van der Waals surface area contributed by atoms with Gasteiger partial charge in [-0.3, -0.25) is 14.2 Å². The zero-order valence-corrected chi connectivity index (χ0v) is 18.3. The quantitative estimate of drug-likeness (QED) is 0.420. The van der Waals surface area contributed by atoms with Crippen LogP contribution in [0.25, 0.3) is 17.0 Å². The van der Waals surface area contributed by atoms with Crippen molar-refractivity contribution < 1.29 is 4.79 Å². The Hall–Kier alpha value is -4.26. The van der Waals surface area contributed by atoms with Crippen LogP contribution in [0.4, 0.5) is 0 Å². The summed E-state index contributed by atoms with van der Waals surface area (Å²) >= 11 is 0. The SMILES string of the molecule is Cc1nc(-c2nc(C(=O)NCCc3cccnc3)c3ccccn23)cn1Cc1ccccc1. The second-order valence-corrected chi connectivity index (χ2v) is 7.89. The van der Waals surface area contributed by atoms with Crippen LogP contribution < -0.4 is 5.32 Å². The summed E-state index contributed by atoms with van der Waals surface area (Å²) in [5.41, 5.74) is 4.16. The van der Waals surface area contributed by atoms with Crippen molar-refractivity contribution in [2.75, 3.05) is 6.54 Å². The molecule has 1 aromatic carbocycles. The molecule has 4 aromatic heterocycles. The average Bonchev–Trinajstić information content (AvgIpc) is 3.41. The van der Waals surface area contributed by atoms with Crippen LogP contribution in [0.3, 0.4) is 0 Å². The summed E-state index contributed by atoms with van der Waals surface area (Å²) in [5.74, 6) is 1.34. The Balaban J connectivity index is 1.41. The van der Waals surface area contributed by atoms with Crippen LogP contribution in [0.5, 0.6) is 0 Å². The zero-order chi connectivity index (χ0) is 22.6. The van der Waals surface area contributed by atoms with Gasteiger partial charge in [0.05, 0.1) is 5.52 Å². The van der Waals surface area contributed by atoms with Crippen LogP contribution >= 0.6 is 0 Å². The number of carbonyl (C=O) groups excluding carboxylic acids is 1. The summed E-state index contributed by atoms with van der Waals surface area (Å²) < 4.78 is 4.02. The van der Waals surface area contributed by atoms with Crippen molar-refractivity contribution in [3.05, 3.63) is 108 Å². The maximum Gasteiger partial charge on any atom is 0.272 e. The summed E-state index contributed by atoms with van der Waals surface area (Å²) in [7, 11) is 0. The van der Waals surface area contributed by atoms with E-state index in [-0.39, 0.29) is 5.91 Å². The summed E-state index contributed by atoms with van der Waals surface area (Å²) in [5, 5.41) is 2.99. The molecule has 0 saturated heterocycles. The standard InChI is InChI=1S/C26H24N6O/c1-19-29-22(18-31(19)17-21-8-3-2-4-9-21)25-30-24(23-11-5-6-15-32(23)25)26(33)28-14-12-20-10-7-13-27-16-20/h2-11,13,15-16,18H,12,14,17H2,1H3,(H,28,33). The highest BCUT2D eigenvalue weighted by atomic mass is 16.1. The number of pyridine rings is 2.